The Labute approximate surface area is 99.0 Å². The van der Waals surface area contributed by atoms with Crippen LogP contribution in [0.3, 0.4) is 0 Å². The normalized spacial score (nSPS) is 19.6. The van der Waals surface area contributed by atoms with Crippen molar-refractivity contribution in [1.29, 1.82) is 0 Å². The minimum Gasteiger partial charge on any atom is -0.304 e. The minimum atomic E-state index is 0.981. The van der Waals surface area contributed by atoms with E-state index in [9.17, 15) is 0 Å². The topological polar surface area (TPSA) is 24.3 Å². The van der Waals surface area contributed by atoms with Crippen LogP contribution in [-0.2, 0) is 6.54 Å². The molecule has 0 radical (unpaired) electrons. The Morgan fingerprint density at radius 2 is 2.00 bits per heavy atom. The lowest BCUT2D eigenvalue weighted by atomic mass is 10.3. The van der Waals surface area contributed by atoms with Gasteiger partial charge in [0.2, 0.25) is 0 Å². The maximum absolute atomic E-state index is 4.25. The first-order chi connectivity index (χ1) is 7.24. The largest absolute Gasteiger partial charge is 0.304 e. The highest BCUT2D eigenvalue weighted by atomic mass is 79.9. The van der Waals surface area contributed by atoms with Crippen LogP contribution in [0.4, 0.5) is 0 Å². The molecule has 0 saturated carbocycles. The van der Waals surface area contributed by atoms with Crippen LogP contribution < -0.4 is 0 Å². The molecule has 1 aliphatic rings. The number of hydrogen-bond acceptors (Lipinski definition) is 3. The fourth-order valence-corrected chi connectivity index (χ4v) is 2.10. The highest BCUT2D eigenvalue weighted by Gasteiger charge is 2.13. The molecule has 1 aliphatic heterocycles. The molecule has 1 aromatic heterocycles. The van der Waals surface area contributed by atoms with Crippen molar-refractivity contribution in [2.24, 2.45) is 0 Å². The van der Waals surface area contributed by atoms with Crippen molar-refractivity contribution < 1.29 is 0 Å². The predicted octanol–water partition coefficient (Wildman–Crippen LogP) is 0.893. The molecular formula is C10H17BrN4. The molecule has 0 amide bonds. The lowest BCUT2D eigenvalue weighted by molar-refractivity contribution is 0.149. The van der Waals surface area contributed by atoms with Crippen LogP contribution in [0.25, 0.3) is 0 Å². The van der Waals surface area contributed by atoms with E-state index in [1.807, 2.05) is 17.1 Å². The summed E-state index contributed by atoms with van der Waals surface area (Å²) in [4.78, 5) is 4.87. The number of hydrogen-bond donors (Lipinski definition) is 0. The van der Waals surface area contributed by atoms with Gasteiger partial charge in [0.1, 0.15) is 0 Å². The average Bonchev–Trinajstić information content (AvgIpc) is 2.64. The summed E-state index contributed by atoms with van der Waals surface area (Å²) in [5, 5.41) is 4.25. The number of rotatable bonds is 3. The van der Waals surface area contributed by atoms with Crippen LogP contribution in [0, 0.1) is 0 Å². The molecule has 0 spiro atoms. The van der Waals surface area contributed by atoms with Crippen LogP contribution >= 0.6 is 15.9 Å². The second-order valence-corrected chi connectivity index (χ2v) is 4.98. The van der Waals surface area contributed by atoms with Gasteiger partial charge >= 0.3 is 0 Å². The van der Waals surface area contributed by atoms with Gasteiger partial charge < -0.3 is 4.90 Å². The van der Waals surface area contributed by atoms with Crippen LogP contribution in [0.2, 0.25) is 0 Å². The molecular weight excluding hydrogens is 256 g/mol. The van der Waals surface area contributed by atoms with Crippen molar-refractivity contribution in [3.05, 3.63) is 16.9 Å². The summed E-state index contributed by atoms with van der Waals surface area (Å²) >= 11 is 3.40. The fourth-order valence-electron chi connectivity index (χ4n) is 1.78. The second-order valence-electron chi connectivity index (χ2n) is 4.07. The lowest BCUT2D eigenvalue weighted by Crippen LogP contribution is -2.45. The quantitative estimate of drug-likeness (QED) is 0.817. The molecule has 0 bridgehead atoms. The van der Waals surface area contributed by atoms with Crippen molar-refractivity contribution >= 4 is 15.9 Å². The van der Waals surface area contributed by atoms with E-state index < -0.39 is 0 Å². The number of aromatic nitrogens is 2. The number of piperazine rings is 1. The molecule has 1 fully saturated rings. The molecule has 2 rings (SSSR count). The first kappa shape index (κ1) is 11.1. The molecule has 2 heterocycles. The Balaban J connectivity index is 1.74. The zero-order valence-corrected chi connectivity index (χ0v) is 10.7. The summed E-state index contributed by atoms with van der Waals surface area (Å²) in [5.74, 6) is 0. The summed E-state index contributed by atoms with van der Waals surface area (Å²) < 4.78 is 3.04. The van der Waals surface area contributed by atoms with E-state index in [0.717, 1.165) is 17.6 Å². The zero-order valence-electron chi connectivity index (χ0n) is 9.06. The van der Waals surface area contributed by atoms with E-state index in [2.05, 4.69) is 37.9 Å². The van der Waals surface area contributed by atoms with Crippen molar-refractivity contribution in [1.82, 2.24) is 19.6 Å². The van der Waals surface area contributed by atoms with Gasteiger partial charge in [0, 0.05) is 38.9 Å². The predicted molar refractivity (Wildman–Crippen MR) is 63.9 cm³/mol. The molecule has 4 nitrogen and oxygen atoms in total. The Morgan fingerprint density at radius 3 is 2.60 bits per heavy atom. The first-order valence-electron chi connectivity index (χ1n) is 5.33. The zero-order chi connectivity index (χ0) is 10.7. The molecule has 15 heavy (non-hydrogen) atoms. The van der Waals surface area contributed by atoms with Gasteiger partial charge in [0.15, 0.2) is 0 Å². The maximum Gasteiger partial charge on any atom is 0.0632 e. The van der Waals surface area contributed by atoms with E-state index in [-0.39, 0.29) is 0 Å². The van der Waals surface area contributed by atoms with Crippen molar-refractivity contribution in [3.8, 4) is 0 Å². The monoisotopic (exact) mass is 272 g/mol. The minimum absolute atomic E-state index is 0.981. The summed E-state index contributed by atoms with van der Waals surface area (Å²) in [5.41, 5.74) is 0. The molecule has 1 aromatic rings. The van der Waals surface area contributed by atoms with Crippen LogP contribution in [0.15, 0.2) is 16.9 Å². The average molecular weight is 273 g/mol. The van der Waals surface area contributed by atoms with Gasteiger partial charge in [0.05, 0.1) is 17.2 Å². The van der Waals surface area contributed by atoms with Gasteiger partial charge in [-0.3, -0.25) is 9.58 Å². The van der Waals surface area contributed by atoms with E-state index in [4.69, 9.17) is 0 Å². The number of nitrogens with zero attached hydrogens (tertiary/aromatic N) is 4. The van der Waals surface area contributed by atoms with Gasteiger partial charge in [-0.1, -0.05) is 0 Å². The van der Waals surface area contributed by atoms with Crippen molar-refractivity contribution in [3.63, 3.8) is 0 Å². The Hall–Kier alpha value is -0.390. The SMILES string of the molecule is CN1CCN(CCn2cc(Br)cn2)CC1. The van der Waals surface area contributed by atoms with E-state index in [1.54, 1.807) is 0 Å². The third-order valence-electron chi connectivity index (χ3n) is 2.84. The van der Waals surface area contributed by atoms with E-state index in [1.165, 1.54) is 26.2 Å². The van der Waals surface area contributed by atoms with E-state index >= 15 is 0 Å². The Kier molecular flexibility index (Phi) is 3.77. The fraction of sp³-hybridized carbons (Fsp3) is 0.700. The highest BCUT2D eigenvalue weighted by molar-refractivity contribution is 9.10. The lowest BCUT2D eigenvalue weighted by Gasteiger charge is -2.32. The van der Waals surface area contributed by atoms with Gasteiger partial charge in [-0.2, -0.15) is 5.10 Å². The molecule has 0 unspecified atom stereocenters. The summed E-state index contributed by atoms with van der Waals surface area (Å²) in [6.45, 7) is 6.81. The van der Waals surface area contributed by atoms with Crippen molar-refractivity contribution in [2.75, 3.05) is 39.8 Å². The van der Waals surface area contributed by atoms with Gasteiger partial charge in [-0.25, -0.2) is 0 Å². The first-order valence-corrected chi connectivity index (χ1v) is 6.12. The Morgan fingerprint density at radius 1 is 1.27 bits per heavy atom. The third-order valence-corrected chi connectivity index (χ3v) is 3.25. The molecule has 5 heteroatoms. The maximum atomic E-state index is 4.25. The van der Waals surface area contributed by atoms with Crippen LogP contribution in [-0.4, -0.2) is 59.4 Å². The second kappa shape index (κ2) is 5.09. The van der Waals surface area contributed by atoms with Gasteiger partial charge in [-0.15, -0.1) is 0 Å². The molecule has 0 atom stereocenters. The third kappa shape index (κ3) is 3.29. The number of halogens is 1. The van der Waals surface area contributed by atoms with Crippen LogP contribution in [0.5, 0.6) is 0 Å². The Bertz CT molecular complexity index is 304. The van der Waals surface area contributed by atoms with Gasteiger partial charge in [-0.05, 0) is 23.0 Å². The van der Waals surface area contributed by atoms with Gasteiger partial charge in [0.25, 0.3) is 0 Å². The molecule has 0 aromatic carbocycles. The molecule has 84 valence electrons. The standard InChI is InChI=1S/C10H17BrN4/c1-13-2-4-14(5-3-13)6-7-15-9-10(11)8-12-15/h8-9H,2-7H2,1H3. The molecule has 1 saturated heterocycles. The summed E-state index contributed by atoms with van der Waals surface area (Å²) in [7, 11) is 2.18. The highest BCUT2D eigenvalue weighted by Crippen LogP contribution is 2.06. The molecule has 0 N–H and O–H groups in total. The van der Waals surface area contributed by atoms with Crippen LogP contribution in [0.1, 0.15) is 0 Å². The smallest absolute Gasteiger partial charge is 0.0632 e. The van der Waals surface area contributed by atoms with E-state index in [0.29, 0.717) is 0 Å². The number of likely N-dealkylation sites (N-methyl/N-ethyl adjacent to an activating group) is 1. The summed E-state index contributed by atoms with van der Waals surface area (Å²) in [6.07, 6.45) is 3.86. The van der Waals surface area contributed by atoms with Crippen molar-refractivity contribution in [2.45, 2.75) is 6.54 Å². The summed E-state index contributed by atoms with van der Waals surface area (Å²) in [6, 6.07) is 0. The molecule has 0 aliphatic carbocycles.